The van der Waals surface area contributed by atoms with Gasteiger partial charge in [-0.2, -0.15) is 0 Å². The highest BCUT2D eigenvalue weighted by Crippen LogP contribution is 2.45. The van der Waals surface area contributed by atoms with Crippen LogP contribution in [0.25, 0.3) is 82.4 Å². The molecule has 58 heavy (non-hydrogen) atoms. The van der Waals surface area contributed by atoms with Gasteiger partial charge in [-0.25, -0.2) is 0 Å². The minimum atomic E-state index is 1.09. The van der Waals surface area contributed by atoms with Crippen LogP contribution in [0.3, 0.4) is 0 Å². The first-order chi connectivity index (χ1) is 28.8. The van der Waals surface area contributed by atoms with Gasteiger partial charge in [0, 0.05) is 27.8 Å². The van der Waals surface area contributed by atoms with E-state index in [2.05, 4.69) is 240 Å². The third-order valence-corrected chi connectivity index (χ3v) is 11.6. The van der Waals surface area contributed by atoms with E-state index in [1.165, 1.54) is 76.7 Å². The van der Waals surface area contributed by atoms with Crippen LogP contribution in [-0.2, 0) is 0 Å². The summed E-state index contributed by atoms with van der Waals surface area (Å²) in [5.41, 5.74) is 14.1. The second-order valence-electron chi connectivity index (χ2n) is 15.0. The van der Waals surface area contributed by atoms with Crippen LogP contribution >= 0.6 is 0 Å². The van der Waals surface area contributed by atoms with Crippen LogP contribution in [0.15, 0.2) is 231 Å². The summed E-state index contributed by atoms with van der Waals surface area (Å²) in [7, 11) is 0. The lowest BCUT2D eigenvalue weighted by molar-refractivity contribution is 1.18. The van der Waals surface area contributed by atoms with E-state index in [1.54, 1.807) is 0 Å². The number of benzene rings is 10. The lowest BCUT2D eigenvalue weighted by Crippen LogP contribution is -2.10. The smallest absolute Gasteiger partial charge is 0.0562 e. The highest BCUT2D eigenvalue weighted by Gasteiger charge is 2.21. The van der Waals surface area contributed by atoms with Crippen molar-refractivity contribution in [3.05, 3.63) is 231 Å². The van der Waals surface area contributed by atoms with Gasteiger partial charge in [0.1, 0.15) is 0 Å². The van der Waals surface area contributed by atoms with Gasteiger partial charge in [0.15, 0.2) is 0 Å². The van der Waals surface area contributed by atoms with Gasteiger partial charge >= 0.3 is 0 Å². The average Bonchev–Trinajstić information content (AvgIpc) is 3.65. The lowest BCUT2D eigenvalue weighted by atomic mass is 9.97. The Morgan fingerprint density at radius 2 is 0.862 bits per heavy atom. The normalized spacial score (nSPS) is 11.4. The fourth-order valence-electron chi connectivity index (χ4n) is 8.79. The van der Waals surface area contributed by atoms with E-state index in [9.17, 15) is 0 Å². The van der Waals surface area contributed by atoms with E-state index in [0.717, 1.165) is 22.7 Å². The Bertz CT molecular complexity index is 3260. The van der Waals surface area contributed by atoms with Gasteiger partial charge in [0.2, 0.25) is 0 Å². The summed E-state index contributed by atoms with van der Waals surface area (Å²) in [5.74, 6) is 0. The van der Waals surface area contributed by atoms with E-state index in [4.69, 9.17) is 0 Å². The topological polar surface area (TPSA) is 8.17 Å². The summed E-state index contributed by atoms with van der Waals surface area (Å²) in [6, 6.07) is 83.7. The first kappa shape index (κ1) is 33.6. The van der Waals surface area contributed by atoms with Crippen LogP contribution in [0.1, 0.15) is 0 Å². The predicted molar refractivity (Wildman–Crippen MR) is 247 cm³/mol. The zero-order chi connectivity index (χ0) is 38.4. The summed E-state index contributed by atoms with van der Waals surface area (Å²) < 4.78 is 2.39. The molecule has 1 aromatic heterocycles. The molecule has 0 amide bonds. The fraction of sp³-hybridized carbons (Fsp3) is 0. The number of fused-ring (bicyclic) bond motifs is 5. The minimum Gasteiger partial charge on any atom is -0.310 e. The number of rotatable bonds is 7. The zero-order valence-corrected chi connectivity index (χ0v) is 31.8. The predicted octanol–water partition coefficient (Wildman–Crippen LogP) is 15.6. The van der Waals surface area contributed by atoms with Crippen LogP contribution in [0.4, 0.5) is 17.1 Å². The first-order valence-electron chi connectivity index (χ1n) is 19.9. The van der Waals surface area contributed by atoms with Gasteiger partial charge in [0.05, 0.1) is 16.7 Å². The molecule has 0 saturated heterocycles. The van der Waals surface area contributed by atoms with E-state index >= 15 is 0 Å². The molecule has 0 spiro atoms. The summed E-state index contributed by atoms with van der Waals surface area (Å²) in [6.07, 6.45) is 0. The molecule has 0 fully saturated rings. The van der Waals surface area contributed by atoms with Crippen LogP contribution in [-0.4, -0.2) is 4.57 Å². The molecule has 2 nitrogen and oxygen atoms in total. The Morgan fingerprint density at radius 1 is 0.310 bits per heavy atom. The molecule has 0 bridgehead atoms. The van der Waals surface area contributed by atoms with E-state index in [-0.39, 0.29) is 0 Å². The molecule has 272 valence electrons. The number of anilines is 3. The highest BCUT2D eigenvalue weighted by atomic mass is 15.1. The first-order valence-corrected chi connectivity index (χ1v) is 19.9. The Balaban J connectivity index is 1.05. The Morgan fingerprint density at radius 3 is 1.66 bits per heavy atom. The summed E-state index contributed by atoms with van der Waals surface area (Å²) in [5, 5.41) is 7.44. The average molecular weight is 739 g/mol. The van der Waals surface area contributed by atoms with Crippen molar-refractivity contribution >= 4 is 60.4 Å². The molecule has 11 aromatic rings. The number of aromatic nitrogens is 1. The Kier molecular flexibility index (Phi) is 8.19. The van der Waals surface area contributed by atoms with E-state index < -0.39 is 0 Å². The zero-order valence-electron chi connectivity index (χ0n) is 31.8. The third-order valence-electron chi connectivity index (χ3n) is 11.6. The molecule has 0 radical (unpaired) electrons. The van der Waals surface area contributed by atoms with Crippen LogP contribution in [0.5, 0.6) is 0 Å². The standard InChI is InChI=1S/C56H38N2/c1-2-19-47(20-3-1)58-53-24-9-8-22-52(53)56-54(25-12-26-55(56)58)57(49-35-31-42(32-36-49)51-23-11-16-41-14-6-7-21-50(41)51)48-33-29-40(30-34-48)44-17-10-18-45(37-44)46-28-27-39-13-4-5-15-43(39)38-46/h1-38H. The molecular formula is C56H38N2. The third kappa shape index (κ3) is 5.82. The van der Waals surface area contributed by atoms with Gasteiger partial charge in [-0.15, -0.1) is 0 Å². The maximum atomic E-state index is 2.42. The van der Waals surface area contributed by atoms with Gasteiger partial charge in [-0.3, -0.25) is 0 Å². The molecule has 0 N–H and O–H groups in total. The Hall–Kier alpha value is -7.68. The van der Waals surface area contributed by atoms with Gasteiger partial charge < -0.3 is 9.47 Å². The summed E-state index contributed by atoms with van der Waals surface area (Å²) in [4.78, 5) is 2.42. The number of nitrogens with zero attached hydrogens (tertiary/aromatic N) is 2. The molecular weight excluding hydrogens is 701 g/mol. The van der Waals surface area contributed by atoms with Crippen LogP contribution in [0, 0.1) is 0 Å². The Labute approximate surface area is 338 Å². The molecule has 0 aliphatic heterocycles. The second-order valence-corrected chi connectivity index (χ2v) is 15.0. The van der Waals surface area contributed by atoms with E-state index in [1.807, 2.05) is 0 Å². The summed E-state index contributed by atoms with van der Waals surface area (Å²) in [6.45, 7) is 0. The van der Waals surface area contributed by atoms with Crippen LogP contribution in [0.2, 0.25) is 0 Å². The molecule has 1 heterocycles. The van der Waals surface area contributed by atoms with Crippen molar-refractivity contribution in [2.24, 2.45) is 0 Å². The quantitative estimate of drug-likeness (QED) is 0.158. The molecule has 0 aliphatic rings. The van der Waals surface area contributed by atoms with Crippen molar-refractivity contribution < 1.29 is 0 Å². The van der Waals surface area contributed by atoms with Crippen molar-refractivity contribution in [1.29, 1.82) is 0 Å². The lowest BCUT2D eigenvalue weighted by Gasteiger charge is -2.27. The van der Waals surface area contributed by atoms with Crippen LogP contribution < -0.4 is 4.90 Å². The molecule has 0 atom stereocenters. The SMILES string of the molecule is c1ccc(-n2c3ccccc3c3c(N(c4ccc(-c5cccc(-c6ccc7ccccc7c6)c5)cc4)c4ccc(-c5cccc6ccccc56)cc4)cccc32)cc1. The van der Waals surface area contributed by atoms with Gasteiger partial charge in [-0.1, -0.05) is 164 Å². The maximum Gasteiger partial charge on any atom is 0.0562 e. The number of hydrogen-bond acceptors (Lipinski definition) is 1. The highest BCUT2D eigenvalue weighted by molar-refractivity contribution is 6.16. The second kappa shape index (κ2) is 14.1. The van der Waals surface area contributed by atoms with Crippen molar-refractivity contribution in [2.75, 3.05) is 4.90 Å². The van der Waals surface area contributed by atoms with Crippen molar-refractivity contribution in [3.8, 4) is 39.1 Å². The van der Waals surface area contributed by atoms with Gasteiger partial charge in [-0.05, 0) is 122 Å². The molecule has 0 aliphatic carbocycles. The molecule has 0 unspecified atom stereocenters. The van der Waals surface area contributed by atoms with Crippen molar-refractivity contribution in [2.45, 2.75) is 0 Å². The van der Waals surface area contributed by atoms with Crippen molar-refractivity contribution in [3.63, 3.8) is 0 Å². The molecule has 10 aromatic carbocycles. The minimum absolute atomic E-state index is 1.09. The number of hydrogen-bond donors (Lipinski definition) is 0. The molecule has 0 saturated carbocycles. The fourth-order valence-corrected chi connectivity index (χ4v) is 8.79. The number of para-hydroxylation sites is 2. The van der Waals surface area contributed by atoms with Gasteiger partial charge in [0.25, 0.3) is 0 Å². The maximum absolute atomic E-state index is 2.42. The van der Waals surface area contributed by atoms with E-state index in [0.29, 0.717) is 0 Å². The van der Waals surface area contributed by atoms with Crippen molar-refractivity contribution in [1.82, 2.24) is 4.57 Å². The largest absolute Gasteiger partial charge is 0.310 e. The monoisotopic (exact) mass is 738 g/mol. The summed E-state index contributed by atoms with van der Waals surface area (Å²) >= 11 is 0. The molecule has 11 rings (SSSR count). The molecule has 2 heteroatoms.